The fraction of sp³-hybridized carbons (Fsp3) is 0.286. The zero-order valence-electron chi connectivity index (χ0n) is 15.7. The van der Waals surface area contributed by atoms with E-state index in [1.54, 1.807) is 15.9 Å². The Morgan fingerprint density at radius 2 is 2.07 bits per heavy atom. The van der Waals surface area contributed by atoms with Crippen LogP contribution in [0.1, 0.15) is 34.7 Å². The van der Waals surface area contributed by atoms with E-state index >= 15 is 0 Å². The number of aromatic nitrogens is 2. The van der Waals surface area contributed by atoms with E-state index in [1.165, 1.54) is 0 Å². The fourth-order valence-electron chi connectivity index (χ4n) is 3.38. The molecular formula is C21H20N2O4S. The molecule has 0 radical (unpaired) electrons. The van der Waals surface area contributed by atoms with Gasteiger partial charge in [-0.15, -0.1) is 11.3 Å². The molecule has 0 fully saturated rings. The van der Waals surface area contributed by atoms with Crippen molar-refractivity contribution < 1.29 is 14.6 Å². The van der Waals surface area contributed by atoms with Gasteiger partial charge in [0.2, 0.25) is 0 Å². The molecule has 0 saturated heterocycles. The predicted octanol–water partition coefficient (Wildman–Crippen LogP) is 3.87. The molecule has 0 atom stereocenters. The topological polar surface area (TPSA) is 81.4 Å². The van der Waals surface area contributed by atoms with Crippen molar-refractivity contribution in [2.45, 2.75) is 33.2 Å². The summed E-state index contributed by atoms with van der Waals surface area (Å²) in [5.41, 5.74) is 3.11. The number of ether oxygens (including phenoxy) is 1. The lowest BCUT2D eigenvalue weighted by atomic mass is 10.1. The fourth-order valence-corrected chi connectivity index (χ4v) is 4.40. The first-order chi connectivity index (χ1) is 13.4. The number of carbonyl (C=O) groups is 1. The van der Waals surface area contributed by atoms with Gasteiger partial charge >= 0.3 is 5.97 Å². The van der Waals surface area contributed by atoms with Crippen molar-refractivity contribution in [3.05, 3.63) is 56.4 Å². The SMILES string of the molecule is Cc1sc2nc3n(c(=O)c2c1C)CC/C3=C/c1ccc(OCCC(=O)O)cc1. The van der Waals surface area contributed by atoms with Crippen LogP contribution < -0.4 is 10.3 Å². The van der Waals surface area contributed by atoms with Crippen LogP contribution in [0.4, 0.5) is 0 Å². The molecular weight excluding hydrogens is 376 g/mol. The van der Waals surface area contributed by atoms with Crippen LogP contribution in [-0.2, 0) is 11.3 Å². The molecule has 3 heterocycles. The molecule has 4 rings (SSSR count). The van der Waals surface area contributed by atoms with Crippen molar-refractivity contribution in [3.8, 4) is 5.75 Å². The van der Waals surface area contributed by atoms with E-state index in [2.05, 4.69) is 0 Å². The third-order valence-electron chi connectivity index (χ3n) is 4.99. The number of fused-ring (bicyclic) bond motifs is 2. The summed E-state index contributed by atoms with van der Waals surface area (Å²) in [5.74, 6) is 0.505. The first kappa shape index (κ1) is 18.4. The van der Waals surface area contributed by atoms with E-state index in [4.69, 9.17) is 14.8 Å². The van der Waals surface area contributed by atoms with E-state index in [9.17, 15) is 9.59 Å². The second-order valence-electron chi connectivity index (χ2n) is 6.84. The molecule has 0 unspecified atom stereocenters. The molecule has 6 nitrogen and oxygen atoms in total. The van der Waals surface area contributed by atoms with Crippen molar-refractivity contribution in [1.29, 1.82) is 0 Å². The van der Waals surface area contributed by atoms with Gasteiger partial charge < -0.3 is 9.84 Å². The minimum absolute atomic E-state index is 0.0286. The number of rotatable bonds is 5. The monoisotopic (exact) mass is 396 g/mol. The number of carboxylic acids is 1. The molecule has 0 amide bonds. The van der Waals surface area contributed by atoms with Gasteiger partial charge in [0.05, 0.1) is 18.4 Å². The third-order valence-corrected chi connectivity index (χ3v) is 6.09. The maximum atomic E-state index is 12.9. The molecule has 7 heteroatoms. The number of nitrogens with zero attached hydrogens (tertiary/aromatic N) is 2. The molecule has 144 valence electrons. The maximum absolute atomic E-state index is 12.9. The molecule has 28 heavy (non-hydrogen) atoms. The summed E-state index contributed by atoms with van der Waals surface area (Å²) < 4.78 is 7.19. The van der Waals surface area contributed by atoms with E-state index < -0.39 is 5.97 Å². The standard InChI is InChI=1S/C21H20N2O4S/c1-12-13(2)28-20-18(12)21(26)23-9-7-15(19(23)22-20)11-14-3-5-16(6-4-14)27-10-8-17(24)25/h3-6,11H,7-10H2,1-2H3,(H,24,25)/b15-11-. The summed E-state index contributed by atoms with van der Waals surface area (Å²) >= 11 is 1.57. The van der Waals surface area contributed by atoms with Crippen LogP contribution in [0.2, 0.25) is 0 Å². The van der Waals surface area contributed by atoms with Gasteiger partial charge in [0, 0.05) is 11.4 Å². The average Bonchev–Trinajstić information content (AvgIpc) is 3.18. The van der Waals surface area contributed by atoms with Crippen molar-refractivity contribution in [3.63, 3.8) is 0 Å². The zero-order chi connectivity index (χ0) is 19.8. The molecule has 2 aromatic heterocycles. The largest absolute Gasteiger partial charge is 0.493 e. The second kappa shape index (κ2) is 7.24. The molecule has 0 saturated carbocycles. The second-order valence-corrected chi connectivity index (χ2v) is 8.04. The molecule has 1 aromatic carbocycles. The Balaban J connectivity index is 1.62. The van der Waals surface area contributed by atoms with Gasteiger partial charge in [-0.1, -0.05) is 12.1 Å². The summed E-state index contributed by atoms with van der Waals surface area (Å²) in [6.07, 6.45) is 2.79. The number of thiophene rings is 1. The number of aliphatic carboxylic acids is 1. The van der Waals surface area contributed by atoms with Crippen LogP contribution in [0.25, 0.3) is 21.9 Å². The van der Waals surface area contributed by atoms with Crippen molar-refractivity contribution in [2.24, 2.45) is 0 Å². The van der Waals surface area contributed by atoms with Crippen LogP contribution >= 0.6 is 11.3 Å². The Bertz CT molecular complexity index is 1160. The molecule has 1 aliphatic heterocycles. The lowest BCUT2D eigenvalue weighted by Gasteiger charge is -2.05. The number of hydrogen-bond donors (Lipinski definition) is 1. The Labute approximate surface area is 165 Å². The average molecular weight is 396 g/mol. The van der Waals surface area contributed by atoms with Crippen LogP contribution in [0.5, 0.6) is 5.75 Å². The highest BCUT2D eigenvalue weighted by atomic mass is 32.1. The summed E-state index contributed by atoms with van der Waals surface area (Å²) in [5, 5.41) is 9.41. The molecule has 0 aliphatic carbocycles. The van der Waals surface area contributed by atoms with E-state index in [-0.39, 0.29) is 18.6 Å². The third kappa shape index (κ3) is 3.33. The Kier molecular flexibility index (Phi) is 4.77. The highest BCUT2D eigenvalue weighted by Gasteiger charge is 2.23. The normalized spacial score (nSPS) is 14.6. The van der Waals surface area contributed by atoms with Gasteiger partial charge in [0.15, 0.2) is 0 Å². The summed E-state index contributed by atoms with van der Waals surface area (Å²) in [6, 6.07) is 7.47. The van der Waals surface area contributed by atoms with Crippen molar-refractivity contribution in [1.82, 2.24) is 9.55 Å². The summed E-state index contributed by atoms with van der Waals surface area (Å²) in [6.45, 7) is 4.79. The van der Waals surface area contributed by atoms with Gasteiger partial charge in [-0.3, -0.25) is 14.2 Å². The number of benzene rings is 1. The molecule has 1 N–H and O–H groups in total. The van der Waals surface area contributed by atoms with Crippen molar-refractivity contribution in [2.75, 3.05) is 6.61 Å². The quantitative estimate of drug-likeness (QED) is 0.708. The summed E-state index contributed by atoms with van der Waals surface area (Å²) in [4.78, 5) is 30.2. The predicted molar refractivity (Wildman–Crippen MR) is 110 cm³/mol. The number of hydrogen-bond acceptors (Lipinski definition) is 5. The van der Waals surface area contributed by atoms with Crippen LogP contribution in [0, 0.1) is 13.8 Å². The Hall–Kier alpha value is -2.93. The first-order valence-electron chi connectivity index (χ1n) is 9.10. The van der Waals surface area contributed by atoms with Gasteiger partial charge in [0.25, 0.3) is 5.56 Å². The van der Waals surface area contributed by atoms with E-state index in [0.29, 0.717) is 12.3 Å². The zero-order valence-corrected chi connectivity index (χ0v) is 16.5. The van der Waals surface area contributed by atoms with E-state index in [1.807, 2.05) is 44.2 Å². The maximum Gasteiger partial charge on any atom is 0.306 e. The highest BCUT2D eigenvalue weighted by Crippen LogP contribution is 2.32. The number of carboxylic acid groups (broad SMARTS) is 1. The van der Waals surface area contributed by atoms with E-state index in [0.717, 1.165) is 44.0 Å². The Morgan fingerprint density at radius 1 is 1.32 bits per heavy atom. The smallest absolute Gasteiger partial charge is 0.306 e. The molecule has 3 aromatic rings. The minimum Gasteiger partial charge on any atom is -0.493 e. The van der Waals surface area contributed by atoms with Crippen LogP contribution in [0.3, 0.4) is 0 Å². The summed E-state index contributed by atoms with van der Waals surface area (Å²) in [7, 11) is 0. The Morgan fingerprint density at radius 3 is 2.79 bits per heavy atom. The van der Waals surface area contributed by atoms with Crippen LogP contribution in [-0.4, -0.2) is 27.2 Å². The highest BCUT2D eigenvalue weighted by molar-refractivity contribution is 7.18. The molecule has 1 aliphatic rings. The van der Waals surface area contributed by atoms with Crippen LogP contribution in [0.15, 0.2) is 29.1 Å². The van der Waals surface area contributed by atoms with Gasteiger partial charge in [-0.05, 0) is 55.2 Å². The van der Waals surface area contributed by atoms with Crippen molar-refractivity contribution >= 4 is 39.2 Å². The number of aryl methyl sites for hydroxylation is 2. The van der Waals surface area contributed by atoms with Gasteiger partial charge in [-0.2, -0.15) is 0 Å². The lowest BCUT2D eigenvalue weighted by Crippen LogP contribution is -2.20. The first-order valence-corrected chi connectivity index (χ1v) is 9.92. The molecule has 0 spiro atoms. The number of allylic oxidation sites excluding steroid dienone is 1. The molecule has 0 bridgehead atoms. The van der Waals surface area contributed by atoms with Gasteiger partial charge in [0.1, 0.15) is 16.4 Å². The lowest BCUT2D eigenvalue weighted by molar-refractivity contribution is -0.137. The van der Waals surface area contributed by atoms with Gasteiger partial charge in [-0.25, -0.2) is 4.98 Å². The minimum atomic E-state index is -0.880.